The van der Waals surface area contributed by atoms with Crippen molar-refractivity contribution in [3.8, 4) is 22.6 Å². The van der Waals surface area contributed by atoms with Crippen LogP contribution in [0.2, 0.25) is 0 Å². The van der Waals surface area contributed by atoms with Crippen molar-refractivity contribution >= 4 is 40.1 Å². The van der Waals surface area contributed by atoms with Crippen molar-refractivity contribution in [3.05, 3.63) is 101 Å². The molecule has 0 bridgehead atoms. The summed E-state index contributed by atoms with van der Waals surface area (Å²) in [4.78, 5) is 44.6. The van der Waals surface area contributed by atoms with Gasteiger partial charge in [0.1, 0.15) is 11.5 Å². The topological polar surface area (TPSA) is 136 Å². The number of pyridine rings is 2. The van der Waals surface area contributed by atoms with Gasteiger partial charge in [-0.05, 0) is 50.0 Å². The van der Waals surface area contributed by atoms with Crippen LogP contribution in [0, 0.1) is 11.6 Å². The van der Waals surface area contributed by atoms with Gasteiger partial charge in [0.25, 0.3) is 5.56 Å². The summed E-state index contributed by atoms with van der Waals surface area (Å²) >= 11 is 0. The minimum atomic E-state index is -1.07. The molecule has 1 amide bonds. The van der Waals surface area contributed by atoms with Crippen molar-refractivity contribution in [1.29, 1.82) is 0 Å². The summed E-state index contributed by atoms with van der Waals surface area (Å²) in [5.74, 6) is -2.45. The molecular weight excluding hydrogens is 674 g/mol. The lowest BCUT2D eigenvalue weighted by Gasteiger charge is -2.28. The van der Waals surface area contributed by atoms with E-state index in [4.69, 9.17) is 14.2 Å². The second-order valence-corrected chi connectivity index (χ2v) is 12.2. The van der Waals surface area contributed by atoms with E-state index in [9.17, 15) is 9.59 Å². The maximum Gasteiger partial charge on any atom is 0.260 e. The van der Waals surface area contributed by atoms with Gasteiger partial charge in [-0.2, -0.15) is 4.98 Å². The number of nitrogens with one attached hydrogen (secondary N) is 2. The maximum absolute atomic E-state index is 15.8. The number of benzene rings is 2. The van der Waals surface area contributed by atoms with Gasteiger partial charge in [0.15, 0.2) is 23.1 Å². The van der Waals surface area contributed by atoms with Gasteiger partial charge in [0.05, 0.1) is 57.0 Å². The van der Waals surface area contributed by atoms with Crippen LogP contribution in [0.15, 0.2) is 77.9 Å². The molecule has 270 valence electrons. The summed E-state index contributed by atoms with van der Waals surface area (Å²) in [6.07, 6.45) is 6.38. The SMILES string of the molecule is COc1cc(OC)c(F)c(-c2cc3cnc(Nc4ccc(N5CCOCC5)cn4)nc3n(Cc3cccc(NC(=O)/C=C/CN(C)C)c3)c2=O)c1F. The number of amides is 1. The highest BCUT2D eigenvalue weighted by atomic mass is 19.1. The quantitative estimate of drug-likeness (QED) is 0.172. The fourth-order valence-electron chi connectivity index (χ4n) is 5.73. The average Bonchev–Trinajstić information content (AvgIpc) is 3.14. The fourth-order valence-corrected chi connectivity index (χ4v) is 5.73. The Morgan fingerprint density at radius 2 is 1.75 bits per heavy atom. The second-order valence-electron chi connectivity index (χ2n) is 12.2. The first-order chi connectivity index (χ1) is 25.1. The van der Waals surface area contributed by atoms with Crippen molar-refractivity contribution in [2.75, 3.05) is 76.7 Å². The highest BCUT2D eigenvalue weighted by Gasteiger charge is 2.26. The minimum absolute atomic E-state index is 0.0728. The molecule has 15 heteroatoms. The highest BCUT2D eigenvalue weighted by molar-refractivity contribution is 5.99. The van der Waals surface area contributed by atoms with Crippen molar-refractivity contribution in [2.45, 2.75) is 6.54 Å². The molecule has 4 heterocycles. The molecule has 0 unspecified atom stereocenters. The number of aromatic nitrogens is 4. The summed E-state index contributed by atoms with van der Waals surface area (Å²) in [7, 11) is 6.25. The van der Waals surface area contributed by atoms with Crippen LogP contribution in [-0.2, 0) is 16.1 Å². The van der Waals surface area contributed by atoms with Gasteiger partial charge in [-0.1, -0.05) is 18.2 Å². The van der Waals surface area contributed by atoms with E-state index in [0.29, 0.717) is 42.2 Å². The first kappa shape index (κ1) is 35.9. The molecule has 1 aliphatic rings. The van der Waals surface area contributed by atoms with E-state index in [1.54, 1.807) is 42.6 Å². The predicted octanol–water partition coefficient (Wildman–Crippen LogP) is 4.83. The zero-order valence-corrected chi connectivity index (χ0v) is 29.2. The Labute approximate surface area is 298 Å². The molecule has 1 fully saturated rings. The van der Waals surface area contributed by atoms with Crippen LogP contribution in [0.5, 0.6) is 11.5 Å². The molecule has 0 spiro atoms. The number of halogens is 2. The normalized spacial score (nSPS) is 13.2. The molecule has 2 aromatic carbocycles. The van der Waals surface area contributed by atoms with Crippen molar-refractivity contribution in [3.63, 3.8) is 0 Å². The Hall–Kier alpha value is -5.93. The third kappa shape index (κ3) is 8.00. The van der Waals surface area contributed by atoms with E-state index in [1.165, 1.54) is 37.1 Å². The number of methoxy groups -OCH3 is 2. The minimum Gasteiger partial charge on any atom is -0.494 e. The summed E-state index contributed by atoms with van der Waals surface area (Å²) in [6, 6.07) is 13.1. The van der Waals surface area contributed by atoms with Crippen LogP contribution in [0.3, 0.4) is 0 Å². The van der Waals surface area contributed by atoms with Gasteiger partial charge < -0.3 is 34.6 Å². The fraction of sp³-hybridized carbons (Fsp3) is 0.270. The third-order valence-electron chi connectivity index (χ3n) is 8.31. The van der Waals surface area contributed by atoms with Crippen LogP contribution >= 0.6 is 0 Å². The van der Waals surface area contributed by atoms with E-state index in [-0.39, 0.29) is 41.1 Å². The first-order valence-corrected chi connectivity index (χ1v) is 16.4. The van der Waals surface area contributed by atoms with E-state index >= 15 is 8.78 Å². The number of fused-ring (bicyclic) bond motifs is 1. The summed E-state index contributed by atoms with van der Waals surface area (Å²) in [5, 5.41) is 6.23. The maximum atomic E-state index is 15.8. The molecule has 1 aliphatic heterocycles. The number of nitrogens with zero attached hydrogens (tertiary/aromatic N) is 6. The molecule has 0 aliphatic carbocycles. The zero-order valence-electron chi connectivity index (χ0n) is 29.2. The number of hydrogen-bond donors (Lipinski definition) is 2. The lowest BCUT2D eigenvalue weighted by molar-refractivity contribution is -0.111. The lowest BCUT2D eigenvalue weighted by Crippen LogP contribution is -2.36. The summed E-state index contributed by atoms with van der Waals surface area (Å²) in [6.45, 7) is 3.34. The number of morpholine rings is 1. The Bertz CT molecular complexity index is 2140. The molecule has 1 saturated heterocycles. The third-order valence-corrected chi connectivity index (χ3v) is 8.31. The van der Waals surface area contributed by atoms with Gasteiger partial charge in [-0.3, -0.25) is 14.2 Å². The molecule has 5 aromatic rings. The van der Waals surface area contributed by atoms with Crippen molar-refractivity contribution in [1.82, 2.24) is 24.4 Å². The number of carbonyl (C=O) groups is 1. The van der Waals surface area contributed by atoms with Crippen LogP contribution in [0.4, 0.5) is 31.9 Å². The molecule has 3 aromatic heterocycles. The molecule has 0 atom stereocenters. The van der Waals surface area contributed by atoms with Crippen LogP contribution < -0.4 is 30.6 Å². The molecular formula is C37H38F2N8O5. The monoisotopic (exact) mass is 712 g/mol. The average molecular weight is 713 g/mol. The number of carbonyl (C=O) groups excluding carboxylic acids is 1. The Morgan fingerprint density at radius 3 is 2.42 bits per heavy atom. The smallest absolute Gasteiger partial charge is 0.260 e. The summed E-state index contributed by atoms with van der Waals surface area (Å²) in [5.41, 5.74) is 0.588. The van der Waals surface area contributed by atoms with Gasteiger partial charge in [-0.15, -0.1) is 0 Å². The predicted molar refractivity (Wildman–Crippen MR) is 195 cm³/mol. The number of ether oxygens (including phenoxy) is 3. The number of likely N-dealkylation sites (N-methyl/N-ethyl adjacent to an activating group) is 1. The van der Waals surface area contributed by atoms with Gasteiger partial charge in [-0.25, -0.2) is 18.7 Å². The lowest BCUT2D eigenvalue weighted by atomic mass is 10.0. The Balaban J connectivity index is 1.41. The molecule has 0 radical (unpaired) electrons. The van der Waals surface area contributed by atoms with E-state index < -0.39 is 22.8 Å². The second kappa shape index (κ2) is 16.0. The number of hydrogen-bond acceptors (Lipinski definition) is 11. The Morgan fingerprint density at radius 1 is 1.00 bits per heavy atom. The van der Waals surface area contributed by atoms with Crippen LogP contribution in [0.25, 0.3) is 22.2 Å². The van der Waals surface area contributed by atoms with Crippen LogP contribution in [-0.4, -0.2) is 91.5 Å². The first-order valence-electron chi connectivity index (χ1n) is 16.4. The van der Waals surface area contributed by atoms with Gasteiger partial charge in [0.2, 0.25) is 11.9 Å². The number of rotatable bonds is 12. The van der Waals surface area contributed by atoms with E-state index in [2.05, 4.69) is 30.5 Å². The molecule has 6 rings (SSSR count). The van der Waals surface area contributed by atoms with Crippen molar-refractivity contribution < 1.29 is 27.8 Å². The number of anilines is 4. The van der Waals surface area contributed by atoms with E-state index in [0.717, 1.165) is 24.8 Å². The molecule has 13 nitrogen and oxygen atoms in total. The van der Waals surface area contributed by atoms with Gasteiger partial charge in [0, 0.05) is 49.0 Å². The highest BCUT2D eigenvalue weighted by Crippen LogP contribution is 2.37. The Kier molecular flexibility index (Phi) is 11.0. The summed E-state index contributed by atoms with van der Waals surface area (Å²) < 4.78 is 48.5. The van der Waals surface area contributed by atoms with E-state index in [1.807, 2.05) is 25.1 Å². The van der Waals surface area contributed by atoms with Gasteiger partial charge >= 0.3 is 0 Å². The molecule has 0 saturated carbocycles. The molecule has 2 N–H and O–H groups in total. The molecule has 52 heavy (non-hydrogen) atoms. The standard InChI is InChI=1S/C37H38F2N8O5/c1-45(2)12-6-9-31(48)42-25-8-5-7-23(17-25)22-47-35-24(18-27(36(47)49)32-33(38)28(50-3)19-29(51-4)34(32)39)20-41-37(44-35)43-30-11-10-26(21-40-30)46-13-15-52-16-14-46/h5-11,17-21H,12-16,22H2,1-4H3,(H,42,48)(H,40,41,43,44)/b9-6+. The largest absolute Gasteiger partial charge is 0.494 e. The van der Waals surface area contributed by atoms with Crippen molar-refractivity contribution in [2.24, 2.45) is 0 Å². The zero-order chi connectivity index (χ0) is 36.8. The van der Waals surface area contributed by atoms with Crippen LogP contribution in [0.1, 0.15) is 5.56 Å².